The van der Waals surface area contributed by atoms with Gasteiger partial charge in [0, 0.05) is 7.05 Å². The van der Waals surface area contributed by atoms with Gasteiger partial charge in [-0.2, -0.15) is 0 Å². The Morgan fingerprint density at radius 3 is 2.33 bits per heavy atom. The molecule has 1 unspecified atom stereocenters. The maximum Gasteiger partial charge on any atom is 0.153 e. The number of benzene rings is 1. The van der Waals surface area contributed by atoms with Crippen LogP contribution in [0.2, 0.25) is 0 Å². The lowest BCUT2D eigenvalue weighted by molar-refractivity contribution is 0.375. The molecule has 0 fully saturated rings. The normalized spacial score (nSPS) is 12.2. The molecule has 2 aromatic rings. The summed E-state index contributed by atoms with van der Waals surface area (Å²) in [5, 5.41) is 11.6. The second kappa shape index (κ2) is 6.91. The van der Waals surface area contributed by atoms with Crippen LogP contribution in [0.3, 0.4) is 0 Å². The minimum absolute atomic E-state index is 0.143. The van der Waals surface area contributed by atoms with E-state index in [1.54, 1.807) is 18.9 Å². The van der Waals surface area contributed by atoms with Crippen LogP contribution >= 0.6 is 15.9 Å². The number of hydrogen-bond acceptors (Lipinski definition) is 5. The van der Waals surface area contributed by atoms with Crippen molar-refractivity contribution >= 4 is 15.9 Å². The summed E-state index contributed by atoms with van der Waals surface area (Å²) in [6.45, 7) is 2.83. The molecule has 0 spiro atoms. The van der Waals surface area contributed by atoms with Crippen molar-refractivity contribution in [3.63, 3.8) is 0 Å². The average Bonchev–Trinajstić information content (AvgIpc) is 2.83. The zero-order valence-electron chi connectivity index (χ0n) is 12.6. The topological polar surface area (TPSA) is 61.2 Å². The quantitative estimate of drug-likeness (QED) is 0.862. The second-order valence-electron chi connectivity index (χ2n) is 4.46. The molecule has 0 aliphatic carbocycles. The van der Waals surface area contributed by atoms with E-state index >= 15 is 0 Å². The van der Waals surface area contributed by atoms with Gasteiger partial charge in [-0.25, -0.2) is 4.68 Å². The molecule has 1 aromatic carbocycles. The van der Waals surface area contributed by atoms with Gasteiger partial charge in [0.2, 0.25) is 0 Å². The van der Waals surface area contributed by atoms with Gasteiger partial charge in [-0.1, -0.05) is 18.2 Å². The minimum atomic E-state index is -0.143. The summed E-state index contributed by atoms with van der Waals surface area (Å²) in [7, 11) is 5.16. The van der Waals surface area contributed by atoms with E-state index in [0.29, 0.717) is 4.60 Å². The fraction of sp³-hybridized carbons (Fsp3) is 0.429. The van der Waals surface area contributed by atoms with E-state index in [0.717, 1.165) is 29.3 Å². The predicted octanol–water partition coefficient (Wildman–Crippen LogP) is 2.29. The maximum absolute atomic E-state index is 5.51. The van der Waals surface area contributed by atoms with Crippen LogP contribution in [0, 0.1) is 0 Å². The first kappa shape index (κ1) is 15.8. The summed E-state index contributed by atoms with van der Waals surface area (Å²) in [4.78, 5) is 0. The number of rotatable bonds is 6. The molecule has 7 heteroatoms. The van der Waals surface area contributed by atoms with Crippen molar-refractivity contribution in [2.45, 2.75) is 13.0 Å². The summed E-state index contributed by atoms with van der Waals surface area (Å²) >= 11 is 3.46. The molecule has 1 atom stereocenters. The number of ether oxygens (including phenoxy) is 2. The highest BCUT2D eigenvalue weighted by molar-refractivity contribution is 9.10. The first-order valence-electron chi connectivity index (χ1n) is 6.63. The van der Waals surface area contributed by atoms with Crippen LogP contribution in [-0.4, -0.2) is 35.8 Å². The number of nitrogens with one attached hydrogen (secondary N) is 1. The zero-order valence-corrected chi connectivity index (χ0v) is 14.1. The Balaban J connectivity index is 2.63. The lowest BCUT2D eigenvalue weighted by Crippen LogP contribution is -2.25. The molecule has 1 aromatic heterocycles. The smallest absolute Gasteiger partial charge is 0.153 e. The molecular weight excluding hydrogens is 336 g/mol. The van der Waals surface area contributed by atoms with E-state index in [2.05, 4.69) is 31.6 Å². The van der Waals surface area contributed by atoms with E-state index in [1.807, 2.05) is 32.2 Å². The molecule has 2 rings (SSSR count). The van der Waals surface area contributed by atoms with Crippen LogP contribution < -0.4 is 14.8 Å². The molecule has 0 aliphatic heterocycles. The fourth-order valence-electron chi connectivity index (χ4n) is 2.35. The molecule has 0 saturated carbocycles. The van der Waals surface area contributed by atoms with E-state index < -0.39 is 0 Å². The van der Waals surface area contributed by atoms with Crippen molar-refractivity contribution in [2.75, 3.05) is 20.8 Å². The molecule has 21 heavy (non-hydrogen) atoms. The van der Waals surface area contributed by atoms with Crippen molar-refractivity contribution in [1.29, 1.82) is 0 Å². The number of halogens is 1. The Morgan fingerprint density at radius 1 is 1.29 bits per heavy atom. The Labute approximate surface area is 132 Å². The monoisotopic (exact) mass is 354 g/mol. The second-order valence-corrected chi connectivity index (χ2v) is 5.21. The molecule has 0 radical (unpaired) electrons. The summed E-state index contributed by atoms with van der Waals surface area (Å²) in [5.74, 6) is 1.52. The largest absolute Gasteiger partial charge is 0.496 e. The van der Waals surface area contributed by atoms with Gasteiger partial charge in [0.05, 0.1) is 31.5 Å². The SMILES string of the molecule is CCNC(c1c(OC)cccc1OC)c1c(Br)nnn1C. The molecule has 0 aliphatic rings. The van der Waals surface area contributed by atoms with Crippen LogP contribution in [0.15, 0.2) is 22.8 Å². The fourth-order valence-corrected chi connectivity index (χ4v) is 2.91. The van der Waals surface area contributed by atoms with E-state index in [9.17, 15) is 0 Å². The Morgan fingerprint density at radius 2 is 1.90 bits per heavy atom. The van der Waals surface area contributed by atoms with Crippen LogP contribution in [0.1, 0.15) is 24.2 Å². The summed E-state index contributed by atoms with van der Waals surface area (Å²) < 4.78 is 13.5. The third-order valence-electron chi connectivity index (χ3n) is 3.26. The van der Waals surface area contributed by atoms with Crippen LogP contribution in [0.25, 0.3) is 0 Å². The van der Waals surface area contributed by atoms with Gasteiger partial charge in [-0.05, 0) is 34.6 Å². The van der Waals surface area contributed by atoms with Crippen molar-refractivity contribution < 1.29 is 9.47 Å². The molecule has 0 saturated heterocycles. The van der Waals surface area contributed by atoms with E-state index in [4.69, 9.17) is 9.47 Å². The van der Waals surface area contributed by atoms with E-state index in [1.165, 1.54) is 0 Å². The zero-order chi connectivity index (χ0) is 15.4. The molecule has 1 heterocycles. The van der Waals surface area contributed by atoms with Crippen molar-refractivity contribution in [3.8, 4) is 11.5 Å². The third kappa shape index (κ3) is 3.03. The molecule has 6 nitrogen and oxygen atoms in total. The standard InChI is InChI=1S/C14H19BrN4O2/c1-5-16-12(13-14(15)17-18-19(13)2)11-9(20-3)7-6-8-10(11)21-4/h6-8,12,16H,5H2,1-4H3. The number of nitrogens with zero attached hydrogens (tertiary/aromatic N) is 3. The number of aryl methyl sites for hydroxylation is 1. The lowest BCUT2D eigenvalue weighted by atomic mass is 10.0. The lowest BCUT2D eigenvalue weighted by Gasteiger charge is -2.23. The van der Waals surface area contributed by atoms with Crippen molar-refractivity contribution in [3.05, 3.63) is 34.1 Å². The number of aromatic nitrogens is 3. The number of methoxy groups -OCH3 is 2. The van der Waals surface area contributed by atoms with Gasteiger partial charge < -0.3 is 14.8 Å². The van der Waals surface area contributed by atoms with Gasteiger partial charge in [0.25, 0.3) is 0 Å². The highest BCUT2D eigenvalue weighted by Gasteiger charge is 2.27. The maximum atomic E-state index is 5.51. The molecular formula is C14H19BrN4O2. The predicted molar refractivity (Wildman–Crippen MR) is 83.8 cm³/mol. The molecule has 114 valence electrons. The molecule has 0 amide bonds. The Hall–Kier alpha value is -1.60. The first-order chi connectivity index (χ1) is 10.1. The Kier molecular flexibility index (Phi) is 5.19. The van der Waals surface area contributed by atoms with Gasteiger partial charge >= 0.3 is 0 Å². The Bertz CT molecular complexity index is 573. The van der Waals surface area contributed by atoms with Gasteiger partial charge in [0.1, 0.15) is 11.5 Å². The van der Waals surface area contributed by atoms with Crippen LogP contribution in [0.5, 0.6) is 11.5 Å². The van der Waals surface area contributed by atoms with Crippen molar-refractivity contribution in [2.24, 2.45) is 7.05 Å². The summed E-state index contributed by atoms with van der Waals surface area (Å²) in [5.41, 5.74) is 1.84. The molecule has 1 N–H and O–H groups in total. The summed E-state index contributed by atoms with van der Waals surface area (Å²) in [6.07, 6.45) is 0. The third-order valence-corrected chi connectivity index (χ3v) is 3.83. The van der Waals surface area contributed by atoms with Gasteiger partial charge in [-0.3, -0.25) is 0 Å². The van der Waals surface area contributed by atoms with Crippen molar-refractivity contribution in [1.82, 2.24) is 20.3 Å². The summed E-state index contributed by atoms with van der Waals surface area (Å²) in [6, 6.07) is 5.59. The number of hydrogen-bond donors (Lipinski definition) is 1. The van der Waals surface area contributed by atoms with Crippen LogP contribution in [-0.2, 0) is 7.05 Å². The average molecular weight is 355 g/mol. The first-order valence-corrected chi connectivity index (χ1v) is 7.42. The minimum Gasteiger partial charge on any atom is -0.496 e. The highest BCUT2D eigenvalue weighted by atomic mass is 79.9. The highest BCUT2D eigenvalue weighted by Crippen LogP contribution is 2.38. The molecule has 0 bridgehead atoms. The van der Waals surface area contributed by atoms with E-state index in [-0.39, 0.29) is 6.04 Å². The van der Waals surface area contributed by atoms with Gasteiger partial charge in [-0.15, -0.1) is 5.10 Å². The van der Waals surface area contributed by atoms with Gasteiger partial charge in [0.15, 0.2) is 4.60 Å². The van der Waals surface area contributed by atoms with Crippen LogP contribution in [0.4, 0.5) is 0 Å².